The summed E-state index contributed by atoms with van der Waals surface area (Å²) in [6.07, 6.45) is 0. The first-order chi connectivity index (χ1) is 9.97. The maximum absolute atomic E-state index is 11.7. The summed E-state index contributed by atoms with van der Waals surface area (Å²) in [5, 5.41) is 13.9. The molecule has 2 aromatic rings. The van der Waals surface area contributed by atoms with Crippen molar-refractivity contribution in [2.75, 3.05) is 19.4 Å². The molecule has 0 radical (unpaired) electrons. The van der Waals surface area contributed by atoms with Crippen LogP contribution in [0.25, 0.3) is 0 Å². The van der Waals surface area contributed by atoms with E-state index < -0.39 is 4.92 Å². The lowest BCUT2D eigenvalue weighted by molar-refractivity contribution is -0.380. The Bertz CT molecular complexity index is 650. The van der Waals surface area contributed by atoms with Crippen LogP contribution >= 0.6 is 11.3 Å². The third-order valence-corrected chi connectivity index (χ3v) is 3.87. The number of hydrogen-bond donors (Lipinski definition) is 1. The summed E-state index contributed by atoms with van der Waals surface area (Å²) in [5.74, 6) is -0.0459. The number of nitro groups is 1. The molecule has 0 aliphatic heterocycles. The van der Waals surface area contributed by atoms with Gasteiger partial charge in [0.05, 0.1) is 4.92 Å². The Morgan fingerprint density at radius 2 is 1.90 bits per heavy atom. The van der Waals surface area contributed by atoms with Gasteiger partial charge in [0.2, 0.25) is 0 Å². The van der Waals surface area contributed by atoms with Crippen LogP contribution in [0.15, 0.2) is 36.4 Å². The van der Waals surface area contributed by atoms with Crippen LogP contribution < -0.4 is 5.32 Å². The summed E-state index contributed by atoms with van der Waals surface area (Å²) in [4.78, 5) is 24.4. The van der Waals surface area contributed by atoms with E-state index in [1.807, 2.05) is 12.1 Å². The Morgan fingerprint density at radius 1 is 1.24 bits per heavy atom. The lowest BCUT2D eigenvalue weighted by Gasteiger charge is -2.11. The van der Waals surface area contributed by atoms with Crippen molar-refractivity contribution in [3.63, 3.8) is 0 Å². The van der Waals surface area contributed by atoms with Crippen molar-refractivity contribution in [2.45, 2.75) is 6.54 Å². The van der Waals surface area contributed by atoms with Gasteiger partial charge < -0.3 is 10.2 Å². The smallest absolute Gasteiger partial charge is 0.324 e. The Labute approximate surface area is 126 Å². The number of rotatable bonds is 5. The van der Waals surface area contributed by atoms with E-state index in [1.165, 1.54) is 11.0 Å². The maximum atomic E-state index is 11.7. The third kappa shape index (κ3) is 3.79. The first-order valence-electron chi connectivity index (χ1n) is 6.26. The molecule has 0 aliphatic carbocycles. The largest absolute Gasteiger partial charge is 0.380 e. The molecule has 0 aliphatic rings. The van der Waals surface area contributed by atoms with Crippen LogP contribution in [-0.2, 0) is 6.54 Å². The van der Waals surface area contributed by atoms with Gasteiger partial charge in [-0.1, -0.05) is 11.3 Å². The average molecular weight is 305 g/mol. The van der Waals surface area contributed by atoms with E-state index in [0.717, 1.165) is 21.9 Å². The van der Waals surface area contributed by atoms with E-state index >= 15 is 0 Å². The van der Waals surface area contributed by atoms with Crippen LogP contribution in [-0.4, -0.2) is 29.8 Å². The van der Waals surface area contributed by atoms with E-state index in [2.05, 4.69) is 5.32 Å². The molecule has 1 N–H and O–H groups in total. The highest BCUT2D eigenvalue weighted by Gasteiger charge is 2.10. The van der Waals surface area contributed by atoms with E-state index in [-0.39, 0.29) is 10.9 Å². The predicted octanol–water partition coefficient (Wildman–Crippen LogP) is 2.97. The van der Waals surface area contributed by atoms with Gasteiger partial charge in [0.15, 0.2) is 0 Å². The Balaban J connectivity index is 1.97. The molecule has 1 amide bonds. The molecular weight excluding hydrogens is 290 g/mol. The minimum absolute atomic E-state index is 0.0459. The number of nitrogens with one attached hydrogen (secondary N) is 1. The zero-order valence-corrected chi connectivity index (χ0v) is 12.5. The fourth-order valence-corrected chi connectivity index (χ4v) is 2.50. The molecule has 0 atom stereocenters. The van der Waals surface area contributed by atoms with Crippen LogP contribution in [0, 0.1) is 10.1 Å². The third-order valence-electron chi connectivity index (χ3n) is 2.83. The number of thiophene rings is 1. The van der Waals surface area contributed by atoms with Crippen LogP contribution in [0.5, 0.6) is 0 Å². The highest BCUT2D eigenvalue weighted by Crippen LogP contribution is 2.24. The van der Waals surface area contributed by atoms with Gasteiger partial charge in [0.25, 0.3) is 5.91 Å². The van der Waals surface area contributed by atoms with E-state index in [9.17, 15) is 14.9 Å². The summed E-state index contributed by atoms with van der Waals surface area (Å²) in [6, 6.07) is 10.4. The zero-order valence-electron chi connectivity index (χ0n) is 11.7. The molecule has 0 saturated carbocycles. The van der Waals surface area contributed by atoms with E-state index in [4.69, 9.17) is 0 Å². The molecule has 2 rings (SSSR count). The Kier molecular flexibility index (Phi) is 4.54. The monoisotopic (exact) mass is 305 g/mol. The average Bonchev–Trinajstić information content (AvgIpc) is 2.94. The minimum Gasteiger partial charge on any atom is -0.380 e. The molecule has 6 nitrogen and oxygen atoms in total. The summed E-state index contributed by atoms with van der Waals surface area (Å²) in [5.41, 5.74) is 1.48. The van der Waals surface area contributed by atoms with Gasteiger partial charge in [0.1, 0.15) is 0 Å². The molecule has 1 aromatic heterocycles. The molecule has 0 spiro atoms. The SMILES string of the molecule is CN(C)C(=O)c1ccc(NCc2ccc([N+](=O)[O-])s2)cc1. The van der Waals surface area contributed by atoms with Crippen LogP contribution in [0.3, 0.4) is 0 Å². The van der Waals surface area contributed by atoms with Crippen LogP contribution in [0.1, 0.15) is 15.2 Å². The molecule has 110 valence electrons. The summed E-state index contributed by atoms with van der Waals surface area (Å²) >= 11 is 1.15. The first-order valence-corrected chi connectivity index (χ1v) is 7.07. The quantitative estimate of drug-likeness (QED) is 0.680. The maximum Gasteiger partial charge on any atom is 0.324 e. The van der Waals surface area contributed by atoms with Gasteiger partial charge in [0, 0.05) is 42.8 Å². The van der Waals surface area contributed by atoms with Crippen molar-refractivity contribution < 1.29 is 9.72 Å². The Morgan fingerprint density at radius 3 is 2.43 bits per heavy atom. The molecule has 0 unspecified atom stereocenters. The number of carbonyl (C=O) groups excluding carboxylic acids is 1. The fourth-order valence-electron chi connectivity index (χ4n) is 1.74. The fraction of sp³-hybridized carbons (Fsp3) is 0.214. The van der Waals surface area contributed by atoms with Crippen molar-refractivity contribution in [3.05, 3.63) is 57.0 Å². The normalized spacial score (nSPS) is 10.2. The number of anilines is 1. The van der Waals surface area contributed by atoms with Gasteiger partial charge >= 0.3 is 5.00 Å². The zero-order chi connectivity index (χ0) is 15.4. The summed E-state index contributed by atoms with van der Waals surface area (Å²) < 4.78 is 0. The molecule has 0 saturated heterocycles. The number of nitrogens with zero attached hydrogens (tertiary/aromatic N) is 2. The topological polar surface area (TPSA) is 75.5 Å². The lowest BCUT2D eigenvalue weighted by Crippen LogP contribution is -2.21. The van der Waals surface area contributed by atoms with Gasteiger partial charge in [-0.15, -0.1) is 0 Å². The van der Waals surface area contributed by atoms with Gasteiger partial charge in [-0.05, 0) is 30.3 Å². The van der Waals surface area contributed by atoms with Crippen molar-refractivity contribution in [1.29, 1.82) is 0 Å². The molecule has 1 heterocycles. The molecule has 7 heteroatoms. The van der Waals surface area contributed by atoms with Crippen molar-refractivity contribution >= 4 is 27.9 Å². The van der Waals surface area contributed by atoms with E-state index in [0.29, 0.717) is 12.1 Å². The molecule has 1 aromatic carbocycles. The van der Waals surface area contributed by atoms with Gasteiger partial charge in [-0.2, -0.15) is 0 Å². The minimum atomic E-state index is -0.393. The molecule has 0 fully saturated rings. The molecular formula is C14H15N3O3S. The van der Waals surface area contributed by atoms with Gasteiger partial charge in [-0.25, -0.2) is 0 Å². The number of amides is 1. The van der Waals surface area contributed by atoms with Crippen LogP contribution in [0.4, 0.5) is 10.7 Å². The van der Waals surface area contributed by atoms with E-state index in [1.54, 1.807) is 32.3 Å². The van der Waals surface area contributed by atoms with Crippen molar-refractivity contribution in [3.8, 4) is 0 Å². The van der Waals surface area contributed by atoms with Crippen molar-refractivity contribution in [1.82, 2.24) is 4.90 Å². The van der Waals surface area contributed by atoms with Crippen LogP contribution in [0.2, 0.25) is 0 Å². The molecule has 21 heavy (non-hydrogen) atoms. The lowest BCUT2D eigenvalue weighted by atomic mass is 10.2. The number of benzene rings is 1. The predicted molar refractivity (Wildman–Crippen MR) is 82.8 cm³/mol. The highest BCUT2D eigenvalue weighted by atomic mass is 32.1. The standard InChI is InChI=1S/C14H15N3O3S/c1-16(2)14(18)10-3-5-11(6-4-10)15-9-12-7-8-13(21-12)17(19)20/h3-8,15H,9H2,1-2H3. The molecule has 0 bridgehead atoms. The summed E-state index contributed by atoms with van der Waals surface area (Å²) in [7, 11) is 3.41. The number of carbonyl (C=O) groups is 1. The highest BCUT2D eigenvalue weighted by molar-refractivity contribution is 7.15. The van der Waals surface area contributed by atoms with Crippen molar-refractivity contribution in [2.24, 2.45) is 0 Å². The summed E-state index contributed by atoms with van der Waals surface area (Å²) in [6.45, 7) is 0.513. The Hall–Kier alpha value is -2.41. The second-order valence-electron chi connectivity index (χ2n) is 4.63. The second-order valence-corrected chi connectivity index (χ2v) is 5.77. The first kappa shape index (κ1) is 15.0. The second kappa shape index (κ2) is 6.36. The van der Waals surface area contributed by atoms with Gasteiger partial charge in [-0.3, -0.25) is 14.9 Å². The number of hydrogen-bond acceptors (Lipinski definition) is 5.